The molecule has 10 heteroatoms. The van der Waals surface area contributed by atoms with Gasteiger partial charge >= 0.3 is 0 Å². The number of hydrogen-bond donors (Lipinski definition) is 1. The van der Waals surface area contributed by atoms with Gasteiger partial charge in [0.2, 0.25) is 0 Å². The topological polar surface area (TPSA) is 80.1 Å². The first-order valence-electron chi connectivity index (χ1n) is 9.06. The third kappa shape index (κ3) is 3.06. The van der Waals surface area contributed by atoms with E-state index in [1.807, 2.05) is 4.57 Å². The van der Waals surface area contributed by atoms with Crippen LogP contribution in [0, 0.1) is 5.82 Å². The number of imidazole rings is 1. The molecule has 148 valence electrons. The van der Waals surface area contributed by atoms with Crippen LogP contribution in [-0.4, -0.2) is 31.2 Å². The largest absolute Gasteiger partial charge is 0.334 e. The fourth-order valence-corrected chi connectivity index (χ4v) is 4.93. The van der Waals surface area contributed by atoms with E-state index in [2.05, 4.69) is 31.2 Å². The molecule has 29 heavy (non-hydrogen) atoms. The summed E-state index contributed by atoms with van der Waals surface area (Å²) in [5.74, 6) is -1.27. The van der Waals surface area contributed by atoms with Crippen molar-refractivity contribution in [2.75, 3.05) is 5.32 Å². The van der Waals surface area contributed by atoms with Crippen molar-refractivity contribution in [1.82, 2.24) is 19.4 Å². The Balaban J connectivity index is 1.56. The first-order chi connectivity index (χ1) is 14.0. The van der Waals surface area contributed by atoms with Gasteiger partial charge in [0.15, 0.2) is 11.2 Å². The summed E-state index contributed by atoms with van der Waals surface area (Å²) < 4.78 is 17.0. The summed E-state index contributed by atoms with van der Waals surface area (Å²) in [4.78, 5) is 36.4. The van der Waals surface area contributed by atoms with Crippen LogP contribution in [0.4, 0.5) is 9.52 Å². The second-order valence-electron chi connectivity index (χ2n) is 6.95. The van der Waals surface area contributed by atoms with E-state index >= 15 is 0 Å². The lowest BCUT2D eigenvalue weighted by Crippen LogP contribution is -2.38. The Bertz CT molecular complexity index is 1130. The predicted molar refractivity (Wildman–Crippen MR) is 108 cm³/mol. The van der Waals surface area contributed by atoms with E-state index in [-0.39, 0.29) is 18.0 Å². The lowest BCUT2D eigenvalue weighted by molar-refractivity contribution is -0.121. The molecule has 0 aliphatic carbocycles. The molecule has 5 rings (SSSR count). The monoisotopic (exact) mass is 475 g/mol. The predicted octanol–water partition coefficient (Wildman–Crippen LogP) is 3.52. The normalized spacial score (nSPS) is 16.1. The van der Waals surface area contributed by atoms with Gasteiger partial charge < -0.3 is 9.47 Å². The third-order valence-corrected chi connectivity index (χ3v) is 6.40. The zero-order valence-corrected chi connectivity index (χ0v) is 17.5. The number of fused-ring (bicyclic) bond motifs is 2. The van der Waals surface area contributed by atoms with E-state index in [1.54, 1.807) is 24.0 Å². The lowest BCUT2D eigenvalue weighted by atomic mass is 10.1. The second kappa shape index (κ2) is 7.03. The molecule has 0 saturated heterocycles. The van der Waals surface area contributed by atoms with Crippen molar-refractivity contribution in [3.63, 3.8) is 0 Å². The number of nitrogens with one attached hydrogen (secondary N) is 1. The van der Waals surface area contributed by atoms with Crippen molar-refractivity contribution >= 4 is 44.2 Å². The Kier molecular flexibility index (Phi) is 4.47. The number of halogens is 2. The summed E-state index contributed by atoms with van der Waals surface area (Å²) in [5, 5.41) is 4.97. The number of benzene rings is 1. The standard InChI is InChI=1S/C19H15BrFN5O2S/c20-10-6-11-12(13(21)7-10)8-26(18(11)28)16(17(27)24-19-22-3-5-29-19)15-14-2-1-4-25(14)9-23-15/h3,5-7,9,16H,1-2,4,8H2,(H,22,24,27). The molecule has 0 bridgehead atoms. The molecule has 4 heterocycles. The molecule has 1 N–H and O–H groups in total. The summed E-state index contributed by atoms with van der Waals surface area (Å²) in [5.41, 5.74) is 2.03. The molecule has 7 nitrogen and oxygen atoms in total. The van der Waals surface area contributed by atoms with Gasteiger partial charge in [-0.15, -0.1) is 11.3 Å². The zero-order chi connectivity index (χ0) is 20.1. The second-order valence-corrected chi connectivity index (χ2v) is 8.76. The third-order valence-electron chi connectivity index (χ3n) is 5.25. The van der Waals surface area contributed by atoms with E-state index < -0.39 is 17.8 Å². The Labute approximate surface area is 177 Å². The van der Waals surface area contributed by atoms with Crippen LogP contribution < -0.4 is 5.32 Å². The number of anilines is 1. The molecule has 3 aromatic rings. The van der Waals surface area contributed by atoms with E-state index in [0.717, 1.165) is 25.1 Å². The van der Waals surface area contributed by atoms with Crippen molar-refractivity contribution in [2.24, 2.45) is 0 Å². The SMILES string of the molecule is O=C(Nc1nccs1)C(c1ncn2c1CCC2)N1Cc2c(F)cc(Br)cc2C1=O. The average Bonchev–Trinajstić information content (AvgIpc) is 3.44. The first kappa shape index (κ1) is 18.4. The summed E-state index contributed by atoms with van der Waals surface area (Å²) in [7, 11) is 0. The number of carbonyl (C=O) groups excluding carboxylic acids is 2. The minimum Gasteiger partial charge on any atom is -0.334 e. The quantitative estimate of drug-likeness (QED) is 0.625. The van der Waals surface area contributed by atoms with Crippen LogP contribution >= 0.6 is 27.3 Å². The fourth-order valence-electron chi connectivity index (χ4n) is 3.97. The zero-order valence-electron chi connectivity index (χ0n) is 15.1. The molecule has 2 aliphatic rings. The van der Waals surface area contributed by atoms with Crippen LogP contribution in [0.5, 0.6) is 0 Å². The number of carbonyl (C=O) groups is 2. The average molecular weight is 476 g/mol. The van der Waals surface area contributed by atoms with Crippen molar-refractivity contribution in [3.05, 3.63) is 62.8 Å². The van der Waals surface area contributed by atoms with Crippen LogP contribution in [0.3, 0.4) is 0 Å². The van der Waals surface area contributed by atoms with Crippen molar-refractivity contribution < 1.29 is 14.0 Å². The van der Waals surface area contributed by atoms with Crippen LogP contribution in [0.25, 0.3) is 0 Å². The highest BCUT2D eigenvalue weighted by molar-refractivity contribution is 9.10. The number of thiazole rings is 1. The summed E-state index contributed by atoms with van der Waals surface area (Å²) in [6.45, 7) is 0.842. The maximum Gasteiger partial charge on any atom is 0.255 e. The first-order valence-corrected chi connectivity index (χ1v) is 10.7. The number of nitrogens with zero attached hydrogens (tertiary/aromatic N) is 4. The minimum absolute atomic E-state index is 0.00946. The minimum atomic E-state index is -0.966. The number of hydrogen-bond acceptors (Lipinski definition) is 5. The highest BCUT2D eigenvalue weighted by Crippen LogP contribution is 2.36. The van der Waals surface area contributed by atoms with Gasteiger partial charge in [-0.3, -0.25) is 14.9 Å². The Hall–Kier alpha value is -2.59. The molecule has 1 aromatic carbocycles. The molecule has 0 spiro atoms. The lowest BCUT2D eigenvalue weighted by Gasteiger charge is -2.26. The van der Waals surface area contributed by atoms with Gasteiger partial charge in [0.25, 0.3) is 11.8 Å². The van der Waals surface area contributed by atoms with Crippen molar-refractivity contribution in [1.29, 1.82) is 0 Å². The highest BCUT2D eigenvalue weighted by Gasteiger charge is 2.41. The molecular formula is C19H15BrFN5O2S. The maximum absolute atomic E-state index is 14.5. The Morgan fingerprint density at radius 3 is 3.00 bits per heavy atom. The number of aromatic nitrogens is 3. The van der Waals surface area contributed by atoms with Gasteiger partial charge in [0.05, 0.1) is 18.6 Å². The molecular weight excluding hydrogens is 461 g/mol. The van der Waals surface area contributed by atoms with Gasteiger partial charge in [-0.2, -0.15) is 0 Å². The molecule has 2 amide bonds. The van der Waals surface area contributed by atoms with Gasteiger partial charge in [-0.25, -0.2) is 14.4 Å². The van der Waals surface area contributed by atoms with Crippen molar-refractivity contribution in [3.8, 4) is 0 Å². The van der Waals surface area contributed by atoms with Crippen LogP contribution in [0.1, 0.15) is 39.8 Å². The summed E-state index contributed by atoms with van der Waals surface area (Å²) in [6, 6.07) is 1.95. The molecule has 0 fully saturated rings. The molecule has 1 atom stereocenters. The smallest absolute Gasteiger partial charge is 0.255 e. The molecule has 1 unspecified atom stereocenters. The fraction of sp³-hybridized carbons (Fsp3) is 0.263. The molecule has 2 aromatic heterocycles. The van der Waals surface area contributed by atoms with Crippen LogP contribution in [-0.2, 0) is 24.3 Å². The van der Waals surface area contributed by atoms with Gasteiger partial charge in [-0.1, -0.05) is 15.9 Å². The Morgan fingerprint density at radius 1 is 1.34 bits per heavy atom. The van der Waals surface area contributed by atoms with E-state index in [0.29, 0.717) is 20.9 Å². The number of rotatable bonds is 4. The van der Waals surface area contributed by atoms with Gasteiger partial charge in [0.1, 0.15) is 5.82 Å². The summed E-state index contributed by atoms with van der Waals surface area (Å²) >= 11 is 4.52. The molecule has 0 radical (unpaired) electrons. The molecule has 2 aliphatic heterocycles. The molecule has 0 saturated carbocycles. The van der Waals surface area contributed by atoms with Crippen LogP contribution in [0.2, 0.25) is 0 Å². The summed E-state index contributed by atoms with van der Waals surface area (Å²) in [6.07, 6.45) is 5.03. The van der Waals surface area contributed by atoms with E-state index in [1.165, 1.54) is 22.3 Å². The number of aryl methyl sites for hydroxylation is 1. The Morgan fingerprint density at radius 2 is 2.21 bits per heavy atom. The van der Waals surface area contributed by atoms with E-state index in [4.69, 9.17) is 0 Å². The van der Waals surface area contributed by atoms with Crippen molar-refractivity contribution in [2.45, 2.75) is 32.0 Å². The number of amides is 2. The maximum atomic E-state index is 14.5. The van der Waals surface area contributed by atoms with E-state index in [9.17, 15) is 14.0 Å². The van der Waals surface area contributed by atoms with Gasteiger partial charge in [0, 0.05) is 39.4 Å². The highest BCUT2D eigenvalue weighted by atomic mass is 79.9. The van der Waals surface area contributed by atoms with Gasteiger partial charge in [-0.05, 0) is 25.0 Å². The van der Waals surface area contributed by atoms with Crippen LogP contribution in [0.15, 0.2) is 34.5 Å².